The monoisotopic (exact) mass is 413 g/mol. The number of para-hydroxylation sites is 1. The fraction of sp³-hybridized carbons (Fsp3) is 0.0435. The first-order valence-electron chi connectivity index (χ1n) is 9.26. The molecule has 5 aromatic rings. The van der Waals surface area contributed by atoms with Crippen molar-refractivity contribution in [1.29, 1.82) is 0 Å². The highest BCUT2D eigenvalue weighted by atomic mass is 32.1. The topological polar surface area (TPSA) is 78.1 Å². The number of carbonyl (C=O) groups excluding carboxylic acids is 1. The molecule has 0 fully saturated rings. The second kappa shape index (κ2) is 7.88. The normalized spacial score (nSPS) is 10.9. The molecule has 0 saturated carbocycles. The fourth-order valence-corrected chi connectivity index (χ4v) is 3.80. The highest BCUT2D eigenvalue weighted by Gasteiger charge is 2.17. The van der Waals surface area contributed by atoms with Crippen LogP contribution in [0.5, 0.6) is 0 Å². The maximum absolute atomic E-state index is 12.9. The summed E-state index contributed by atoms with van der Waals surface area (Å²) in [5.41, 5.74) is 2.73. The van der Waals surface area contributed by atoms with Gasteiger partial charge in [-0.2, -0.15) is 0 Å². The number of aromatic nitrogens is 3. The molecular formula is C23H15N3O3S. The van der Waals surface area contributed by atoms with Gasteiger partial charge in [0.1, 0.15) is 0 Å². The molecule has 0 unspecified atom stereocenters. The predicted octanol–water partition coefficient (Wildman–Crippen LogP) is 5.37. The van der Waals surface area contributed by atoms with Crippen molar-refractivity contribution in [3.05, 3.63) is 89.6 Å². The van der Waals surface area contributed by atoms with E-state index in [1.165, 1.54) is 0 Å². The quantitative estimate of drug-likeness (QED) is 0.361. The Morgan fingerprint density at radius 1 is 0.967 bits per heavy atom. The first-order valence-corrected chi connectivity index (χ1v) is 10.1. The van der Waals surface area contributed by atoms with Crippen molar-refractivity contribution in [1.82, 2.24) is 15.2 Å². The first kappa shape index (κ1) is 18.2. The molecule has 2 aromatic carbocycles. The van der Waals surface area contributed by atoms with Gasteiger partial charge in [0.2, 0.25) is 5.89 Å². The van der Waals surface area contributed by atoms with Gasteiger partial charge in [-0.15, -0.1) is 21.5 Å². The van der Waals surface area contributed by atoms with E-state index in [2.05, 4.69) is 15.2 Å². The summed E-state index contributed by atoms with van der Waals surface area (Å²) >= 11 is 1.57. The Balaban J connectivity index is 1.41. The van der Waals surface area contributed by atoms with Crippen LogP contribution < -0.4 is 0 Å². The number of hydrogen-bond donors (Lipinski definition) is 0. The van der Waals surface area contributed by atoms with Crippen LogP contribution in [0, 0.1) is 0 Å². The average molecular weight is 413 g/mol. The number of nitrogens with zero attached hydrogens (tertiary/aromatic N) is 3. The molecular weight excluding hydrogens is 398 g/mol. The van der Waals surface area contributed by atoms with Crippen LogP contribution in [0.2, 0.25) is 0 Å². The van der Waals surface area contributed by atoms with Crippen molar-refractivity contribution in [2.75, 3.05) is 0 Å². The summed E-state index contributed by atoms with van der Waals surface area (Å²) < 4.78 is 11.1. The molecule has 0 amide bonds. The molecule has 6 nitrogen and oxygen atoms in total. The Hall–Kier alpha value is -3.84. The Morgan fingerprint density at radius 2 is 1.80 bits per heavy atom. The summed E-state index contributed by atoms with van der Waals surface area (Å²) in [7, 11) is 0. The van der Waals surface area contributed by atoms with Crippen LogP contribution in [-0.2, 0) is 11.3 Å². The lowest BCUT2D eigenvalue weighted by Crippen LogP contribution is -2.07. The average Bonchev–Trinajstić information content (AvgIpc) is 3.50. The summed E-state index contributed by atoms with van der Waals surface area (Å²) in [5.74, 6) is 0.154. The molecule has 0 N–H and O–H groups in total. The summed E-state index contributed by atoms with van der Waals surface area (Å²) in [6.07, 6.45) is 0. The Labute approximate surface area is 175 Å². The third kappa shape index (κ3) is 3.58. The predicted molar refractivity (Wildman–Crippen MR) is 114 cm³/mol. The van der Waals surface area contributed by atoms with E-state index in [4.69, 9.17) is 9.15 Å². The van der Waals surface area contributed by atoms with E-state index in [1.54, 1.807) is 17.4 Å². The minimum atomic E-state index is -0.467. The maximum Gasteiger partial charge on any atom is 0.339 e. The minimum absolute atomic E-state index is 0.107. The maximum atomic E-state index is 12.9. The van der Waals surface area contributed by atoms with Crippen molar-refractivity contribution in [2.45, 2.75) is 6.61 Å². The highest BCUT2D eigenvalue weighted by molar-refractivity contribution is 7.13. The van der Waals surface area contributed by atoms with Crippen LogP contribution in [0.1, 0.15) is 16.2 Å². The van der Waals surface area contributed by atoms with Crippen molar-refractivity contribution in [3.63, 3.8) is 0 Å². The van der Waals surface area contributed by atoms with Crippen molar-refractivity contribution < 1.29 is 13.9 Å². The number of carbonyl (C=O) groups is 1. The molecule has 146 valence electrons. The van der Waals surface area contributed by atoms with Crippen LogP contribution in [-0.4, -0.2) is 21.2 Å². The Bertz CT molecular complexity index is 1310. The summed E-state index contributed by atoms with van der Waals surface area (Å²) in [6, 6.07) is 22.6. The van der Waals surface area contributed by atoms with Crippen molar-refractivity contribution >= 4 is 28.2 Å². The van der Waals surface area contributed by atoms with Gasteiger partial charge < -0.3 is 9.15 Å². The zero-order valence-electron chi connectivity index (χ0n) is 15.7. The lowest BCUT2D eigenvalue weighted by molar-refractivity contribution is 0.0441. The molecule has 0 saturated heterocycles. The van der Waals surface area contributed by atoms with E-state index in [-0.39, 0.29) is 12.5 Å². The second-order valence-corrected chi connectivity index (χ2v) is 7.44. The van der Waals surface area contributed by atoms with Gasteiger partial charge in [0.05, 0.1) is 21.7 Å². The third-order valence-electron chi connectivity index (χ3n) is 4.52. The number of pyridine rings is 1. The summed E-state index contributed by atoms with van der Waals surface area (Å²) in [5, 5.41) is 10.7. The molecule has 0 radical (unpaired) electrons. The number of thiophene rings is 1. The molecule has 30 heavy (non-hydrogen) atoms. The Kier molecular flexibility index (Phi) is 4.78. The van der Waals surface area contributed by atoms with Crippen LogP contribution in [0.3, 0.4) is 0 Å². The number of hydrogen-bond acceptors (Lipinski definition) is 7. The van der Waals surface area contributed by atoms with Gasteiger partial charge in [-0.05, 0) is 35.7 Å². The fourth-order valence-electron chi connectivity index (χ4n) is 3.11. The van der Waals surface area contributed by atoms with Crippen molar-refractivity contribution in [3.8, 4) is 22.0 Å². The van der Waals surface area contributed by atoms with E-state index in [0.717, 1.165) is 27.0 Å². The van der Waals surface area contributed by atoms with Crippen LogP contribution in [0.25, 0.3) is 32.9 Å². The van der Waals surface area contributed by atoms with Crippen molar-refractivity contribution in [2.24, 2.45) is 0 Å². The van der Waals surface area contributed by atoms with E-state index in [0.29, 0.717) is 11.5 Å². The number of benzene rings is 2. The van der Waals surface area contributed by atoms with Crippen LogP contribution >= 0.6 is 11.3 Å². The van der Waals surface area contributed by atoms with Gasteiger partial charge in [-0.3, -0.25) is 0 Å². The summed E-state index contributed by atoms with van der Waals surface area (Å²) in [4.78, 5) is 18.6. The first-order chi connectivity index (χ1) is 14.8. The summed E-state index contributed by atoms with van der Waals surface area (Å²) in [6.45, 7) is -0.107. The molecule has 0 bridgehead atoms. The number of esters is 1. The SMILES string of the molecule is O=C(OCc1nnc(-c2ccccc2)o1)c1cc(-c2cccs2)nc2ccccc12. The smallest absolute Gasteiger partial charge is 0.339 e. The lowest BCUT2D eigenvalue weighted by Gasteiger charge is -2.08. The zero-order valence-corrected chi connectivity index (χ0v) is 16.5. The number of fused-ring (bicyclic) bond motifs is 1. The molecule has 0 aliphatic rings. The molecule has 0 atom stereocenters. The minimum Gasteiger partial charge on any atom is -0.452 e. The van der Waals surface area contributed by atoms with Crippen LogP contribution in [0.15, 0.2) is 82.6 Å². The van der Waals surface area contributed by atoms with Gasteiger partial charge in [-0.1, -0.05) is 42.5 Å². The molecule has 3 heterocycles. The van der Waals surface area contributed by atoms with Gasteiger partial charge in [0.15, 0.2) is 6.61 Å². The standard InChI is InChI=1S/C23H15N3O3S/c27-23(28-14-21-25-26-22(29-21)15-7-2-1-3-8-15)17-13-19(20-11-6-12-30-20)24-18-10-5-4-9-16(17)18/h1-13H,14H2. The highest BCUT2D eigenvalue weighted by Crippen LogP contribution is 2.28. The van der Waals surface area contributed by atoms with E-state index in [1.807, 2.05) is 72.1 Å². The molecule has 0 spiro atoms. The molecule has 7 heteroatoms. The molecule has 0 aliphatic carbocycles. The molecule has 3 aromatic heterocycles. The van der Waals surface area contributed by atoms with Gasteiger partial charge in [-0.25, -0.2) is 9.78 Å². The van der Waals surface area contributed by atoms with Gasteiger partial charge in [0.25, 0.3) is 5.89 Å². The number of ether oxygens (including phenoxy) is 1. The van der Waals surface area contributed by atoms with E-state index in [9.17, 15) is 4.79 Å². The van der Waals surface area contributed by atoms with E-state index < -0.39 is 5.97 Å². The van der Waals surface area contributed by atoms with E-state index >= 15 is 0 Å². The van der Waals surface area contributed by atoms with Gasteiger partial charge in [0, 0.05) is 10.9 Å². The molecule has 5 rings (SSSR count). The number of rotatable bonds is 5. The van der Waals surface area contributed by atoms with Gasteiger partial charge >= 0.3 is 5.97 Å². The zero-order chi connectivity index (χ0) is 20.3. The molecule has 0 aliphatic heterocycles. The third-order valence-corrected chi connectivity index (χ3v) is 5.42. The van der Waals surface area contributed by atoms with Crippen LogP contribution in [0.4, 0.5) is 0 Å². The lowest BCUT2D eigenvalue weighted by atomic mass is 10.1. The Morgan fingerprint density at radius 3 is 2.63 bits per heavy atom. The second-order valence-electron chi connectivity index (χ2n) is 6.49. The largest absolute Gasteiger partial charge is 0.452 e.